The van der Waals surface area contributed by atoms with Crippen LogP contribution in [-0.4, -0.2) is 26.7 Å². The standard InChI is InChI=1S/C2H8O2Si2/c1-5(3)6(2)4/h3-4H,1-2H3. The fourth-order valence-electron chi connectivity index (χ4n) is 0. The van der Waals surface area contributed by atoms with Crippen molar-refractivity contribution >= 4 is 17.1 Å². The molecule has 0 bridgehead atoms. The van der Waals surface area contributed by atoms with E-state index in [4.69, 9.17) is 9.59 Å². The SMILES string of the molecule is C[Si](O)[Si](C)O. The molecule has 2 N–H and O–H groups in total. The van der Waals surface area contributed by atoms with E-state index in [1.165, 1.54) is 0 Å². The maximum Gasteiger partial charge on any atom is 0.220 e. The van der Waals surface area contributed by atoms with Crippen LogP contribution in [0.4, 0.5) is 0 Å². The molecule has 0 saturated heterocycles. The van der Waals surface area contributed by atoms with E-state index in [1.807, 2.05) is 0 Å². The van der Waals surface area contributed by atoms with Crippen LogP contribution in [-0.2, 0) is 0 Å². The van der Waals surface area contributed by atoms with Crippen molar-refractivity contribution in [2.45, 2.75) is 13.1 Å². The van der Waals surface area contributed by atoms with Crippen LogP contribution in [0.15, 0.2) is 0 Å². The molecule has 0 amide bonds. The van der Waals surface area contributed by atoms with Crippen molar-refractivity contribution in [3.05, 3.63) is 0 Å². The van der Waals surface area contributed by atoms with E-state index >= 15 is 0 Å². The molecular weight excluding hydrogens is 112 g/mol. The molecule has 6 heavy (non-hydrogen) atoms. The third-order valence-corrected chi connectivity index (χ3v) is 4.71. The monoisotopic (exact) mass is 120 g/mol. The van der Waals surface area contributed by atoms with Crippen LogP contribution in [0.3, 0.4) is 0 Å². The minimum absolute atomic E-state index is 1.29. The van der Waals surface area contributed by atoms with E-state index in [-0.39, 0.29) is 0 Å². The third-order valence-electron chi connectivity index (χ3n) is 0.524. The largest absolute Gasteiger partial charge is 0.432 e. The Bertz CT molecular complexity index is 30.5. The Morgan fingerprint density at radius 1 is 1.00 bits per heavy atom. The molecule has 4 heteroatoms. The van der Waals surface area contributed by atoms with Gasteiger partial charge in [-0.1, -0.05) is 0 Å². The van der Waals surface area contributed by atoms with Crippen molar-refractivity contribution in [3.8, 4) is 0 Å². The maximum absolute atomic E-state index is 8.53. The Morgan fingerprint density at radius 2 is 1.17 bits per heavy atom. The zero-order valence-corrected chi connectivity index (χ0v) is 5.89. The van der Waals surface area contributed by atoms with Crippen LogP contribution in [0.5, 0.6) is 0 Å². The molecular formula is C2H8O2Si2. The molecule has 0 aliphatic heterocycles. The number of hydrogen-bond acceptors (Lipinski definition) is 2. The van der Waals surface area contributed by atoms with Crippen molar-refractivity contribution in [2.24, 2.45) is 0 Å². The van der Waals surface area contributed by atoms with E-state index < -0.39 is 17.1 Å². The molecule has 0 unspecified atom stereocenters. The van der Waals surface area contributed by atoms with E-state index in [2.05, 4.69) is 0 Å². The van der Waals surface area contributed by atoms with Gasteiger partial charge in [-0.25, -0.2) is 0 Å². The maximum atomic E-state index is 8.53. The highest BCUT2D eigenvalue weighted by Gasteiger charge is 2.09. The average molecular weight is 120 g/mol. The molecule has 0 aliphatic rings. The van der Waals surface area contributed by atoms with Crippen molar-refractivity contribution < 1.29 is 9.59 Å². The van der Waals surface area contributed by atoms with Crippen LogP contribution < -0.4 is 0 Å². The lowest BCUT2D eigenvalue weighted by molar-refractivity contribution is 0.555. The summed E-state index contributed by atoms with van der Waals surface area (Å²) in [5.41, 5.74) is 0. The van der Waals surface area contributed by atoms with Crippen LogP contribution >= 0.6 is 0 Å². The summed E-state index contributed by atoms with van der Waals surface area (Å²) in [6.45, 7) is 3.39. The molecule has 0 atom stereocenters. The quantitative estimate of drug-likeness (QED) is 0.449. The molecule has 0 heterocycles. The first-order valence-corrected chi connectivity index (χ1v) is 6.59. The molecule has 0 aromatic carbocycles. The predicted octanol–water partition coefficient (Wildman–Crippen LogP) is -0.708. The van der Waals surface area contributed by atoms with Gasteiger partial charge in [0, 0.05) is 0 Å². The molecule has 0 aliphatic carbocycles. The fourth-order valence-corrected chi connectivity index (χ4v) is 0. The molecule has 0 spiro atoms. The molecule has 0 saturated carbocycles. The number of hydrogen-bond donors (Lipinski definition) is 2. The van der Waals surface area contributed by atoms with Gasteiger partial charge in [0.2, 0.25) is 17.1 Å². The van der Waals surface area contributed by atoms with Gasteiger partial charge in [-0.05, 0) is 13.1 Å². The summed E-state index contributed by atoms with van der Waals surface area (Å²) >= 11 is 0. The summed E-state index contributed by atoms with van der Waals surface area (Å²) < 4.78 is 0. The highest BCUT2D eigenvalue weighted by molar-refractivity contribution is 7.14. The molecule has 2 nitrogen and oxygen atoms in total. The van der Waals surface area contributed by atoms with Crippen LogP contribution in [0, 0.1) is 0 Å². The summed E-state index contributed by atoms with van der Waals surface area (Å²) in [5, 5.41) is 0. The van der Waals surface area contributed by atoms with Gasteiger partial charge in [0.15, 0.2) is 0 Å². The van der Waals surface area contributed by atoms with Crippen molar-refractivity contribution in [1.82, 2.24) is 0 Å². The van der Waals surface area contributed by atoms with Gasteiger partial charge in [0.1, 0.15) is 0 Å². The van der Waals surface area contributed by atoms with Gasteiger partial charge in [-0.3, -0.25) is 0 Å². The molecule has 0 fully saturated rings. The Kier molecular flexibility index (Phi) is 2.66. The molecule has 0 rings (SSSR count). The predicted molar refractivity (Wildman–Crippen MR) is 27.7 cm³/mol. The summed E-state index contributed by atoms with van der Waals surface area (Å²) in [7, 11) is -2.59. The van der Waals surface area contributed by atoms with Gasteiger partial charge in [-0.15, -0.1) is 0 Å². The van der Waals surface area contributed by atoms with Crippen molar-refractivity contribution in [2.75, 3.05) is 0 Å². The van der Waals surface area contributed by atoms with E-state index in [0.29, 0.717) is 0 Å². The van der Waals surface area contributed by atoms with Crippen LogP contribution in [0.25, 0.3) is 0 Å². The van der Waals surface area contributed by atoms with Crippen molar-refractivity contribution in [3.63, 3.8) is 0 Å². The molecule has 0 aromatic heterocycles. The smallest absolute Gasteiger partial charge is 0.220 e. The van der Waals surface area contributed by atoms with Gasteiger partial charge < -0.3 is 9.59 Å². The van der Waals surface area contributed by atoms with Gasteiger partial charge in [-0.2, -0.15) is 0 Å². The number of rotatable bonds is 1. The average Bonchev–Trinajstić information content (AvgIpc) is 1.36. The van der Waals surface area contributed by atoms with Gasteiger partial charge in [0.25, 0.3) is 0 Å². The first-order valence-electron chi connectivity index (χ1n) is 1.70. The third kappa shape index (κ3) is 2.58. The van der Waals surface area contributed by atoms with Gasteiger partial charge >= 0.3 is 0 Å². The Hall–Kier alpha value is 0.354. The normalized spacial score (nSPS) is 11.0. The summed E-state index contributed by atoms with van der Waals surface area (Å²) in [6, 6.07) is 0. The lowest BCUT2D eigenvalue weighted by Crippen LogP contribution is -2.28. The summed E-state index contributed by atoms with van der Waals surface area (Å²) in [5.74, 6) is 0. The Labute approximate surface area is 40.7 Å². The second kappa shape index (κ2) is 2.51. The topological polar surface area (TPSA) is 40.5 Å². The van der Waals surface area contributed by atoms with E-state index in [1.54, 1.807) is 13.1 Å². The first-order chi connectivity index (χ1) is 2.64. The lowest BCUT2D eigenvalue weighted by Gasteiger charge is -1.96. The summed E-state index contributed by atoms with van der Waals surface area (Å²) in [6.07, 6.45) is 0. The zero-order valence-electron chi connectivity index (χ0n) is 3.89. The molecule has 2 radical (unpaired) electrons. The minimum Gasteiger partial charge on any atom is -0.432 e. The second-order valence-electron chi connectivity index (χ2n) is 1.17. The molecule has 0 aromatic rings. The minimum atomic E-state index is -1.29. The van der Waals surface area contributed by atoms with E-state index in [9.17, 15) is 0 Å². The first kappa shape index (κ1) is 6.35. The highest BCUT2D eigenvalue weighted by Crippen LogP contribution is 1.76. The highest BCUT2D eigenvalue weighted by atomic mass is 29.2. The lowest BCUT2D eigenvalue weighted by atomic mass is 11.9. The van der Waals surface area contributed by atoms with Gasteiger partial charge in [0.05, 0.1) is 0 Å². The van der Waals surface area contributed by atoms with Crippen LogP contribution in [0.2, 0.25) is 13.1 Å². The Balaban J connectivity index is 2.99. The molecule has 36 valence electrons. The van der Waals surface area contributed by atoms with Crippen molar-refractivity contribution in [1.29, 1.82) is 0 Å². The van der Waals surface area contributed by atoms with E-state index in [0.717, 1.165) is 0 Å². The second-order valence-corrected chi connectivity index (χ2v) is 7.85. The summed E-state index contributed by atoms with van der Waals surface area (Å²) in [4.78, 5) is 17.1. The van der Waals surface area contributed by atoms with Crippen LogP contribution in [0.1, 0.15) is 0 Å². The Morgan fingerprint density at radius 3 is 1.17 bits per heavy atom. The fraction of sp³-hybridized carbons (Fsp3) is 1.00. The zero-order chi connectivity index (χ0) is 5.15.